The highest BCUT2D eigenvalue weighted by Crippen LogP contribution is 2.18. The summed E-state index contributed by atoms with van der Waals surface area (Å²) in [6.45, 7) is 3.83. The molecule has 2 aromatic rings. The number of aromatic nitrogens is 1. The van der Waals surface area contributed by atoms with E-state index in [4.69, 9.17) is 10.5 Å². The predicted octanol–water partition coefficient (Wildman–Crippen LogP) is 2.49. The van der Waals surface area contributed by atoms with Crippen LogP contribution in [0.3, 0.4) is 0 Å². The molecule has 0 unspecified atom stereocenters. The zero-order chi connectivity index (χ0) is 15.1. The summed E-state index contributed by atoms with van der Waals surface area (Å²) in [5, 5.41) is 2.89. The Labute approximate surface area is 124 Å². The molecule has 0 aliphatic rings. The number of anilines is 1. The summed E-state index contributed by atoms with van der Waals surface area (Å²) in [5.41, 5.74) is 6.77. The van der Waals surface area contributed by atoms with E-state index in [1.807, 2.05) is 41.1 Å². The molecule has 0 atom stereocenters. The molecule has 0 fully saturated rings. The van der Waals surface area contributed by atoms with Gasteiger partial charge in [-0.05, 0) is 30.7 Å². The Balaban J connectivity index is 2.06. The van der Waals surface area contributed by atoms with Gasteiger partial charge in [-0.25, -0.2) is 0 Å². The number of nitrogens with two attached hydrogens (primary N) is 1. The number of benzene rings is 1. The standard InChI is InChI=1S/C16H21N3O2/c1-2-9-19-10-4-7-15(19)16(20)18-13-5-3-6-14(12-13)21-11-8-17/h3-7,10,12H,2,8-9,11,17H2,1H3,(H,18,20). The van der Waals surface area contributed by atoms with Crippen molar-refractivity contribution in [3.63, 3.8) is 0 Å². The smallest absolute Gasteiger partial charge is 0.272 e. The van der Waals surface area contributed by atoms with Crippen molar-refractivity contribution in [1.29, 1.82) is 0 Å². The van der Waals surface area contributed by atoms with Gasteiger partial charge < -0.3 is 20.4 Å². The van der Waals surface area contributed by atoms with Crippen molar-refractivity contribution in [3.05, 3.63) is 48.3 Å². The number of nitrogens with one attached hydrogen (secondary N) is 1. The molecule has 112 valence electrons. The van der Waals surface area contributed by atoms with Gasteiger partial charge in [-0.1, -0.05) is 13.0 Å². The maximum atomic E-state index is 12.3. The summed E-state index contributed by atoms with van der Waals surface area (Å²) in [5.74, 6) is 0.576. The number of amides is 1. The second-order valence-electron chi connectivity index (χ2n) is 4.71. The minimum Gasteiger partial charge on any atom is -0.492 e. The third-order valence-electron chi connectivity index (χ3n) is 3.01. The van der Waals surface area contributed by atoms with Crippen LogP contribution in [0.25, 0.3) is 0 Å². The van der Waals surface area contributed by atoms with E-state index in [0.717, 1.165) is 13.0 Å². The number of nitrogens with zero attached hydrogens (tertiary/aromatic N) is 1. The van der Waals surface area contributed by atoms with E-state index in [1.165, 1.54) is 0 Å². The quantitative estimate of drug-likeness (QED) is 0.822. The van der Waals surface area contributed by atoms with Crippen LogP contribution in [0.2, 0.25) is 0 Å². The Morgan fingerprint density at radius 1 is 1.33 bits per heavy atom. The average Bonchev–Trinajstić information content (AvgIpc) is 2.94. The molecule has 21 heavy (non-hydrogen) atoms. The summed E-state index contributed by atoms with van der Waals surface area (Å²) >= 11 is 0. The van der Waals surface area contributed by atoms with Crippen molar-refractivity contribution in [2.45, 2.75) is 19.9 Å². The molecule has 2 rings (SSSR count). The first-order valence-corrected chi connectivity index (χ1v) is 7.14. The Kier molecular flexibility index (Phi) is 5.40. The van der Waals surface area contributed by atoms with Crippen LogP contribution in [0.1, 0.15) is 23.8 Å². The van der Waals surface area contributed by atoms with Gasteiger partial charge in [0.05, 0.1) is 0 Å². The summed E-state index contributed by atoms with van der Waals surface area (Å²) in [7, 11) is 0. The first-order valence-electron chi connectivity index (χ1n) is 7.14. The molecule has 0 aliphatic carbocycles. The normalized spacial score (nSPS) is 10.4. The Morgan fingerprint density at radius 2 is 2.19 bits per heavy atom. The van der Waals surface area contributed by atoms with Gasteiger partial charge in [0.25, 0.3) is 5.91 Å². The van der Waals surface area contributed by atoms with Crippen LogP contribution in [0.5, 0.6) is 5.75 Å². The van der Waals surface area contributed by atoms with Crippen LogP contribution in [0.4, 0.5) is 5.69 Å². The maximum Gasteiger partial charge on any atom is 0.272 e. The van der Waals surface area contributed by atoms with Gasteiger partial charge in [-0.3, -0.25) is 4.79 Å². The molecule has 1 heterocycles. The number of carbonyl (C=O) groups excluding carboxylic acids is 1. The van der Waals surface area contributed by atoms with Crippen LogP contribution in [-0.4, -0.2) is 23.6 Å². The minimum absolute atomic E-state index is 0.121. The fraction of sp³-hybridized carbons (Fsp3) is 0.312. The van der Waals surface area contributed by atoms with Crippen LogP contribution in [0, 0.1) is 0 Å². The Hall–Kier alpha value is -2.27. The number of carbonyl (C=O) groups is 1. The first kappa shape index (κ1) is 15.1. The number of rotatable bonds is 7. The molecule has 1 amide bonds. The van der Waals surface area contributed by atoms with E-state index in [0.29, 0.717) is 30.3 Å². The lowest BCUT2D eigenvalue weighted by Gasteiger charge is -2.10. The van der Waals surface area contributed by atoms with E-state index in [-0.39, 0.29) is 5.91 Å². The van der Waals surface area contributed by atoms with Crippen molar-refractivity contribution < 1.29 is 9.53 Å². The third kappa shape index (κ3) is 4.10. The average molecular weight is 287 g/mol. The van der Waals surface area contributed by atoms with E-state index < -0.39 is 0 Å². The predicted molar refractivity (Wildman–Crippen MR) is 83.7 cm³/mol. The Morgan fingerprint density at radius 3 is 2.95 bits per heavy atom. The van der Waals surface area contributed by atoms with Gasteiger partial charge >= 0.3 is 0 Å². The zero-order valence-electron chi connectivity index (χ0n) is 12.2. The summed E-state index contributed by atoms with van der Waals surface area (Å²) in [6, 6.07) is 11.0. The fourth-order valence-electron chi connectivity index (χ4n) is 2.09. The highest BCUT2D eigenvalue weighted by Gasteiger charge is 2.10. The molecule has 3 N–H and O–H groups in total. The van der Waals surface area contributed by atoms with E-state index in [1.54, 1.807) is 6.07 Å². The lowest BCUT2D eigenvalue weighted by atomic mass is 10.3. The lowest BCUT2D eigenvalue weighted by Crippen LogP contribution is -2.17. The molecule has 0 radical (unpaired) electrons. The van der Waals surface area contributed by atoms with Gasteiger partial charge in [0.1, 0.15) is 18.1 Å². The molecule has 1 aromatic carbocycles. The van der Waals surface area contributed by atoms with Crippen LogP contribution < -0.4 is 15.8 Å². The second-order valence-corrected chi connectivity index (χ2v) is 4.71. The van der Waals surface area contributed by atoms with Crippen LogP contribution in [-0.2, 0) is 6.54 Å². The molecule has 5 nitrogen and oxygen atoms in total. The van der Waals surface area contributed by atoms with Gasteiger partial charge in [-0.2, -0.15) is 0 Å². The van der Waals surface area contributed by atoms with Gasteiger partial charge in [0.15, 0.2) is 0 Å². The van der Waals surface area contributed by atoms with Gasteiger partial charge in [0, 0.05) is 31.0 Å². The molecule has 0 spiro atoms. The molecule has 1 aromatic heterocycles. The van der Waals surface area contributed by atoms with E-state index >= 15 is 0 Å². The van der Waals surface area contributed by atoms with Crippen LogP contribution >= 0.6 is 0 Å². The molecule has 5 heteroatoms. The summed E-state index contributed by atoms with van der Waals surface area (Å²) in [4.78, 5) is 12.3. The fourth-order valence-corrected chi connectivity index (χ4v) is 2.09. The number of aryl methyl sites for hydroxylation is 1. The highest BCUT2D eigenvalue weighted by atomic mass is 16.5. The number of hydrogen-bond donors (Lipinski definition) is 2. The lowest BCUT2D eigenvalue weighted by molar-refractivity contribution is 0.101. The monoisotopic (exact) mass is 287 g/mol. The van der Waals surface area contributed by atoms with Crippen molar-refractivity contribution >= 4 is 11.6 Å². The molecular formula is C16H21N3O2. The number of hydrogen-bond acceptors (Lipinski definition) is 3. The van der Waals surface area contributed by atoms with Gasteiger partial charge in [-0.15, -0.1) is 0 Å². The zero-order valence-corrected chi connectivity index (χ0v) is 12.2. The topological polar surface area (TPSA) is 69.3 Å². The summed E-state index contributed by atoms with van der Waals surface area (Å²) < 4.78 is 7.40. The highest BCUT2D eigenvalue weighted by molar-refractivity contribution is 6.03. The molecule has 0 bridgehead atoms. The minimum atomic E-state index is -0.121. The van der Waals surface area contributed by atoms with E-state index in [9.17, 15) is 4.79 Å². The largest absolute Gasteiger partial charge is 0.492 e. The molecular weight excluding hydrogens is 266 g/mol. The summed E-state index contributed by atoms with van der Waals surface area (Å²) in [6.07, 6.45) is 2.90. The van der Waals surface area contributed by atoms with Gasteiger partial charge in [0.2, 0.25) is 0 Å². The molecule has 0 aliphatic heterocycles. The molecule has 0 saturated heterocycles. The van der Waals surface area contributed by atoms with Crippen molar-refractivity contribution in [1.82, 2.24) is 4.57 Å². The first-order chi connectivity index (χ1) is 10.2. The SMILES string of the molecule is CCCn1cccc1C(=O)Nc1cccc(OCCN)c1. The van der Waals surface area contributed by atoms with Crippen LogP contribution in [0.15, 0.2) is 42.6 Å². The Bertz CT molecular complexity index is 593. The number of ether oxygens (including phenoxy) is 1. The van der Waals surface area contributed by atoms with E-state index in [2.05, 4.69) is 12.2 Å². The second kappa shape index (κ2) is 7.50. The van der Waals surface area contributed by atoms with Crippen molar-refractivity contribution in [2.75, 3.05) is 18.5 Å². The maximum absolute atomic E-state index is 12.3. The molecule has 0 saturated carbocycles. The van der Waals surface area contributed by atoms with Crippen molar-refractivity contribution in [3.8, 4) is 5.75 Å². The van der Waals surface area contributed by atoms with Crippen molar-refractivity contribution in [2.24, 2.45) is 5.73 Å². The third-order valence-corrected chi connectivity index (χ3v) is 3.01.